The Morgan fingerprint density at radius 1 is 0.806 bits per heavy atom. The number of amides is 1. The number of nitrogens with two attached hydrogens (primary N) is 1. The maximum absolute atomic E-state index is 12.8. The van der Waals surface area contributed by atoms with Crippen molar-refractivity contribution in [3.63, 3.8) is 0 Å². The third kappa shape index (κ3) is 5.68. The molecule has 0 fully saturated rings. The number of para-hydroxylation sites is 1. The molecule has 0 saturated carbocycles. The smallest absolute Gasteiger partial charge is 0.255 e. The zero-order chi connectivity index (χ0) is 24.2. The van der Waals surface area contributed by atoms with Crippen LogP contribution in [0, 0.1) is 6.92 Å². The van der Waals surface area contributed by atoms with Gasteiger partial charge in [-0.05, 0) is 61.5 Å². The molecule has 2 heterocycles. The fourth-order valence-electron chi connectivity index (χ4n) is 3.75. The monoisotopic (exact) mass is 497 g/mol. The van der Waals surface area contributed by atoms with E-state index in [0.29, 0.717) is 17.1 Å². The van der Waals surface area contributed by atoms with Crippen molar-refractivity contribution in [3.8, 4) is 0 Å². The number of nitrogens with one attached hydrogen (secondary N) is 3. The number of carbonyl (C=O) groups excluding carboxylic acids is 1. The Kier molecular flexibility index (Phi) is 7.27. The molecule has 1 amide bonds. The van der Waals surface area contributed by atoms with Gasteiger partial charge in [0.05, 0.1) is 5.52 Å². The lowest BCUT2D eigenvalue weighted by molar-refractivity contribution is 0.102. The number of aryl methyl sites for hydroxylation is 1. The lowest BCUT2D eigenvalue weighted by Gasteiger charge is -2.11. The van der Waals surface area contributed by atoms with Crippen molar-refractivity contribution < 1.29 is 4.79 Å². The van der Waals surface area contributed by atoms with Crippen LogP contribution in [0.2, 0.25) is 0 Å². The van der Waals surface area contributed by atoms with Gasteiger partial charge >= 0.3 is 0 Å². The normalized spacial score (nSPS) is 10.4. The molecule has 9 heteroatoms. The fraction of sp³-hybridized carbons (Fsp3) is 0.0370. The van der Waals surface area contributed by atoms with E-state index in [2.05, 4.69) is 30.9 Å². The first kappa shape index (κ1) is 24.4. The Balaban J connectivity index is 0.00000304. The summed E-state index contributed by atoms with van der Waals surface area (Å²) in [6, 6.07) is 26.4. The highest BCUT2D eigenvalue weighted by atomic mass is 35.5. The molecule has 0 atom stereocenters. The molecular weight excluding hydrogens is 474 g/mol. The lowest BCUT2D eigenvalue weighted by Crippen LogP contribution is -2.12. The maximum Gasteiger partial charge on any atom is 0.255 e. The van der Waals surface area contributed by atoms with Crippen molar-refractivity contribution in [3.05, 3.63) is 102 Å². The van der Waals surface area contributed by atoms with E-state index in [0.717, 1.165) is 33.7 Å². The standard InChI is InChI=1S/C27H23N7O.ClH/c1-17-15-25(34-27(28)30-17)32-20-5-4-6-21(16-20)33-26(35)18-9-11-19(12-10-18)31-24-13-14-29-23-8-3-2-7-22(23)24;/h2-16H,1H3,(H,29,31)(H,33,35)(H3,28,30,32,34);1H. The highest BCUT2D eigenvalue weighted by Gasteiger charge is 2.08. The number of aromatic nitrogens is 3. The molecule has 2 aromatic heterocycles. The van der Waals surface area contributed by atoms with Gasteiger partial charge in [-0.3, -0.25) is 9.78 Å². The van der Waals surface area contributed by atoms with Crippen LogP contribution in [0.1, 0.15) is 16.1 Å². The van der Waals surface area contributed by atoms with Crippen LogP contribution in [0.4, 0.5) is 34.5 Å². The van der Waals surface area contributed by atoms with E-state index in [-0.39, 0.29) is 24.3 Å². The second kappa shape index (κ2) is 10.7. The minimum Gasteiger partial charge on any atom is -0.368 e. The summed E-state index contributed by atoms with van der Waals surface area (Å²) in [5.41, 5.74) is 11.2. The number of halogens is 1. The van der Waals surface area contributed by atoms with Crippen LogP contribution < -0.4 is 21.7 Å². The van der Waals surface area contributed by atoms with Gasteiger partial charge in [-0.1, -0.05) is 24.3 Å². The van der Waals surface area contributed by atoms with E-state index in [1.807, 2.05) is 73.7 Å². The zero-order valence-corrected chi connectivity index (χ0v) is 20.2. The summed E-state index contributed by atoms with van der Waals surface area (Å²) in [5, 5.41) is 10.6. The molecule has 0 spiro atoms. The molecule has 3 aromatic carbocycles. The minimum atomic E-state index is -0.204. The third-order valence-electron chi connectivity index (χ3n) is 5.34. The van der Waals surface area contributed by atoms with E-state index in [9.17, 15) is 4.79 Å². The Morgan fingerprint density at radius 2 is 1.58 bits per heavy atom. The van der Waals surface area contributed by atoms with Crippen LogP contribution in [0.3, 0.4) is 0 Å². The van der Waals surface area contributed by atoms with Crippen molar-refractivity contribution in [1.82, 2.24) is 15.0 Å². The summed E-state index contributed by atoms with van der Waals surface area (Å²) < 4.78 is 0. The van der Waals surface area contributed by atoms with Crippen LogP contribution >= 0.6 is 12.4 Å². The largest absolute Gasteiger partial charge is 0.368 e. The van der Waals surface area contributed by atoms with Crippen molar-refractivity contribution in [2.24, 2.45) is 0 Å². The van der Waals surface area contributed by atoms with Crippen LogP contribution in [-0.2, 0) is 0 Å². The van der Waals surface area contributed by atoms with Gasteiger partial charge < -0.3 is 21.7 Å². The van der Waals surface area contributed by atoms with Gasteiger partial charge in [0.2, 0.25) is 5.95 Å². The fourth-order valence-corrected chi connectivity index (χ4v) is 3.75. The SMILES string of the molecule is Cc1cc(Nc2cccc(NC(=O)c3ccc(Nc4ccnc5ccccc45)cc3)c2)nc(N)n1.Cl. The Labute approximate surface area is 214 Å². The highest BCUT2D eigenvalue weighted by molar-refractivity contribution is 6.04. The topological polar surface area (TPSA) is 118 Å². The molecule has 0 unspecified atom stereocenters. The number of anilines is 6. The van der Waals surface area contributed by atoms with Crippen molar-refractivity contribution in [1.29, 1.82) is 0 Å². The average molecular weight is 498 g/mol. The first-order chi connectivity index (χ1) is 17.0. The number of nitrogens with zero attached hydrogens (tertiary/aromatic N) is 3. The molecule has 0 aliphatic carbocycles. The lowest BCUT2D eigenvalue weighted by atomic mass is 10.1. The molecule has 0 aliphatic heterocycles. The van der Waals surface area contributed by atoms with Crippen LogP contribution in [0.25, 0.3) is 10.9 Å². The summed E-state index contributed by atoms with van der Waals surface area (Å²) in [7, 11) is 0. The van der Waals surface area contributed by atoms with E-state index in [4.69, 9.17) is 5.73 Å². The predicted octanol–water partition coefficient (Wildman–Crippen LogP) is 6.08. The molecule has 36 heavy (non-hydrogen) atoms. The second-order valence-electron chi connectivity index (χ2n) is 7.99. The molecule has 8 nitrogen and oxygen atoms in total. The predicted molar refractivity (Wildman–Crippen MR) is 148 cm³/mol. The van der Waals surface area contributed by atoms with Gasteiger partial charge in [0.1, 0.15) is 5.82 Å². The van der Waals surface area contributed by atoms with Crippen molar-refractivity contribution >= 4 is 63.7 Å². The number of fused-ring (bicyclic) bond motifs is 1. The third-order valence-corrected chi connectivity index (χ3v) is 5.34. The van der Waals surface area contributed by atoms with Crippen LogP contribution in [0.15, 0.2) is 91.1 Å². The summed E-state index contributed by atoms with van der Waals surface area (Å²) in [6.45, 7) is 1.85. The molecule has 5 N–H and O–H groups in total. The number of benzene rings is 3. The number of pyridine rings is 1. The minimum absolute atomic E-state index is 0. The quantitative estimate of drug-likeness (QED) is 0.224. The highest BCUT2D eigenvalue weighted by Crippen LogP contribution is 2.25. The summed E-state index contributed by atoms with van der Waals surface area (Å²) in [6.07, 6.45) is 1.77. The van der Waals surface area contributed by atoms with Gasteiger partial charge in [-0.15, -0.1) is 12.4 Å². The maximum atomic E-state index is 12.8. The van der Waals surface area contributed by atoms with E-state index >= 15 is 0 Å². The molecule has 0 saturated heterocycles. The molecule has 0 aliphatic rings. The zero-order valence-electron chi connectivity index (χ0n) is 19.4. The Hall–Kier alpha value is -4.69. The molecule has 0 radical (unpaired) electrons. The van der Waals surface area contributed by atoms with Crippen LogP contribution in [0.5, 0.6) is 0 Å². The Morgan fingerprint density at radius 3 is 2.39 bits per heavy atom. The number of hydrogen-bond donors (Lipinski definition) is 4. The number of rotatable bonds is 6. The summed E-state index contributed by atoms with van der Waals surface area (Å²) in [5.74, 6) is 0.584. The van der Waals surface area contributed by atoms with Crippen molar-refractivity contribution in [2.45, 2.75) is 6.92 Å². The van der Waals surface area contributed by atoms with E-state index < -0.39 is 0 Å². The van der Waals surface area contributed by atoms with E-state index in [1.54, 1.807) is 24.4 Å². The molecule has 0 bridgehead atoms. The molecular formula is C27H24ClN7O. The molecule has 5 aromatic rings. The average Bonchev–Trinajstić information content (AvgIpc) is 2.84. The number of hydrogen-bond acceptors (Lipinski definition) is 7. The van der Waals surface area contributed by atoms with Gasteiger partial charge in [-0.2, -0.15) is 4.98 Å². The first-order valence-electron chi connectivity index (χ1n) is 11.0. The number of carbonyl (C=O) groups is 1. The second-order valence-corrected chi connectivity index (χ2v) is 7.99. The molecule has 5 rings (SSSR count). The number of nitrogen functional groups attached to an aromatic ring is 1. The van der Waals surface area contributed by atoms with Crippen LogP contribution in [-0.4, -0.2) is 20.9 Å². The van der Waals surface area contributed by atoms with Crippen molar-refractivity contribution in [2.75, 3.05) is 21.7 Å². The summed E-state index contributed by atoms with van der Waals surface area (Å²) >= 11 is 0. The van der Waals surface area contributed by atoms with Gasteiger partial charge in [0, 0.05) is 51.7 Å². The first-order valence-corrected chi connectivity index (χ1v) is 11.0. The van der Waals surface area contributed by atoms with Gasteiger partial charge in [-0.25, -0.2) is 4.98 Å². The van der Waals surface area contributed by atoms with Gasteiger partial charge in [0.25, 0.3) is 5.91 Å². The summed E-state index contributed by atoms with van der Waals surface area (Å²) in [4.78, 5) is 25.5. The van der Waals surface area contributed by atoms with Gasteiger partial charge in [0.15, 0.2) is 0 Å². The molecule has 180 valence electrons. The Bertz CT molecular complexity index is 1500. The van der Waals surface area contributed by atoms with E-state index in [1.165, 1.54) is 0 Å².